The number of aliphatic carboxylic acids is 1. The minimum atomic E-state index is -1.14. The van der Waals surface area contributed by atoms with Gasteiger partial charge in [-0.1, -0.05) is 20.8 Å². The number of hydrogen-bond acceptors (Lipinski definition) is 5. The van der Waals surface area contributed by atoms with Gasteiger partial charge in [-0.25, -0.2) is 4.79 Å². The van der Waals surface area contributed by atoms with Crippen LogP contribution in [0.1, 0.15) is 40.5 Å². The average Bonchev–Trinajstić information content (AvgIpc) is 2.83. The summed E-state index contributed by atoms with van der Waals surface area (Å²) < 4.78 is 0. The molecule has 1 amide bonds. The van der Waals surface area contributed by atoms with Gasteiger partial charge in [0.25, 0.3) is 0 Å². The third-order valence-electron chi connectivity index (χ3n) is 4.88. The molecule has 1 aliphatic heterocycles. The Kier molecular flexibility index (Phi) is 7.04. The minimum absolute atomic E-state index is 0.0249. The number of carboxylic acid groups (broad SMARTS) is 1. The number of amides is 1. The monoisotopic (exact) mass is 333 g/mol. The van der Waals surface area contributed by atoms with Crippen LogP contribution < -0.4 is 10.5 Å². The molecule has 1 heterocycles. The van der Waals surface area contributed by atoms with E-state index in [2.05, 4.69) is 10.5 Å². The van der Waals surface area contributed by atoms with Gasteiger partial charge in [0.15, 0.2) is 16.0 Å². The lowest BCUT2D eigenvalue weighted by Gasteiger charge is -2.36. The molecular weight excluding hydrogens is 308 g/mol. The molecule has 0 aromatic heterocycles. The third kappa shape index (κ3) is 5.08. The average molecular weight is 333 g/mol. The Morgan fingerprint density at radius 3 is 2.38 bits per heavy atom. The Hall–Kier alpha value is -1.34. The number of nitrogens with one attached hydrogen (secondary N) is 2. The van der Waals surface area contributed by atoms with Crippen LogP contribution in [0.4, 0.5) is 0 Å². The highest BCUT2D eigenvalue weighted by Crippen LogP contribution is 2.33. The molecule has 24 heavy (non-hydrogen) atoms. The zero-order chi connectivity index (χ0) is 18.7. The molecule has 4 atom stereocenters. The summed E-state index contributed by atoms with van der Waals surface area (Å²) in [5, 5.41) is 14.7. The second-order valence-electron chi connectivity index (χ2n) is 7.29. The first-order valence-electron chi connectivity index (χ1n) is 7.99. The van der Waals surface area contributed by atoms with E-state index in [1.807, 2.05) is 13.8 Å². The maximum absolute atomic E-state index is 12.5. The topological polar surface area (TPSA) is 98.7 Å². The number of carbonyl (C=O) groups excluding carboxylic acids is 2. The molecule has 1 rings (SSSR count). The quantitative estimate of drug-likeness (QED) is 0.513. The Balaban J connectivity index is 2.84. The van der Waals surface area contributed by atoms with Gasteiger partial charge in [-0.05, 0) is 24.7 Å². The fourth-order valence-corrected chi connectivity index (χ4v) is 3.14. The first-order chi connectivity index (χ1) is 11.0. The molecule has 1 fully saturated rings. The molecule has 4 radical (unpaired) electrons. The number of carbonyl (C=O) groups is 3. The summed E-state index contributed by atoms with van der Waals surface area (Å²) in [5.74, 6) is -2.06. The fourth-order valence-electron chi connectivity index (χ4n) is 3.14. The highest BCUT2D eigenvalue weighted by molar-refractivity contribution is 6.08. The lowest BCUT2D eigenvalue weighted by molar-refractivity contribution is -0.145. The van der Waals surface area contributed by atoms with E-state index >= 15 is 0 Å². The van der Waals surface area contributed by atoms with Crippen molar-refractivity contribution in [3.63, 3.8) is 0 Å². The van der Waals surface area contributed by atoms with Crippen molar-refractivity contribution < 1.29 is 19.5 Å². The van der Waals surface area contributed by atoms with Crippen molar-refractivity contribution in [1.82, 2.24) is 15.4 Å². The number of ketones is 1. The number of hydrogen-bond donors (Lipinski definition) is 3. The van der Waals surface area contributed by atoms with Gasteiger partial charge in [0.1, 0.15) is 11.8 Å². The van der Waals surface area contributed by atoms with Crippen LogP contribution in [0, 0.1) is 11.3 Å². The highest BCUT2D eigenvalue weighted by atomic mass is 16.4. The zero-order valence-corrected chi connectivity index (χ0v) is 14.7. The van der Waals surface area contributed by atoms with Crippen molar-refractivity contribution in [2.24, 2.45) is 11.3 Å². The molecule has 0 bridgehead atoms. The molecule has 130 valence electrons. The van der Waals surface area contributed by atoms with E-state index in [1.165, 1.54) is 11.7 Å². The van der Waals surface area contributed by atoms with Crippen molar-refractivity contribution in [2.75, 3.05) is 6.54 Å². The third-order valence-corrected chi connectivity index (χ3v) is 4.88. The van der Waals surface area contributed by atoms with E-state index in [0.717, 1.165) is 0 Å². The van der Waals surface area contributed by atoms with Crippen LogP contribution in [0.15, 0.2) is 0 Å². The van der Waals surface area contributed by atoms with Gasteiger partial charge in [-0.2, -0.15) is 0 Å². The maximum Gasteiger partial charge on any atom is 0.326 e. The summed E-state index contributed by atoms with van der Waals surface area (Å²) in [7, 11) is 11.2. The molecule has 0 aliphatic carbocycles. The van der Waals surface area contributed by atoms with Crippen LogP contribution >= 0.6 is 0 Å². The minimum Gasteiger partial charge on any atom is -0.480 e. The molecule has 0 saturated carbocycles. The van der Waals surface area contributed by atoms with Crippen LogP contribution in [0.25, 0.3) is 0 Å². The molecule has 0 aromatic rings. The van der Waals surface area contributed by atoms with E-state index in [1.54, 1.807) is 6.92 Å². The number of carboxylic acids is 1. The smallest absolute Gasteiger partial charge is 0.326 e. The lowest BCUT2D eigenvalue weighted by atomic mass is 9.72. The fraction of sp³-hybridized carbons (Fsp3) is 0.800. The van der Waals surface area contributed by atoms with E-state index < -0.39 is 35.3 Å². The number of rotatable bonds is 8. The molecule has 1 aliphatic rings. The van der Waals surface area contributed by atoms with Crippen molar-refractivity contribution in [3.05, 3.63) is 0 Å². The van der Waals surface area contributed by atoms with Gasteiger partial charge < -0.3 is 25.3 Å². The van der Waals surface area contributed by atoms with E-state index in [0.29, 0.717) is 13.0 Å². The predicted molar refractivity (Wildman–Crippen MR) is 91.4 cm³/mol. The SMILES string of the molecule is [B]NC1CC(C(=O)NC(C(=O)O)C(C)C(C)(C)CC(C)=O)N([B])C1. The Bertz CT molecular complexity index is 501. The highest BCUT2D eigenvalue weighted by Gasteiger charge is 2.40. The molecular formula is C15H25B2N3O4. The van der Waals surface area contributed by atoms with E-state index in [-0.39, 0.29) is 18.2 Å². The summed E-state index contributed by atoms with van der Waals surface area (Å²) >= 11 is 0. The van der Waals surface area contributed by atoms with Gasteiger partial charge in [-0.3, -0.25) is 4.79 Å². The van der Waals surface area contributed by atoms with Crippen molar-refractivity contribution in [2.45, 2.75) is 58.7 Å². The molecule has 1 saturated heterocycles. The largest absolute Gasteiger partial charge is 0.480 e. The van der Waals surface area contributed by atoms with Gasteiger partial charge in [0.05, 0.1) is 6.04 Å². The van der Waals surface area contributed by atoms with Gasteiger partial charge in [-0.15, -0.1) is 0 Å². The number of Topliss-reactive ketones (excluding diaryl/α,β-unsaturated/α-hetero) is 1. The molecule has 0 spiro atoms. The first kappa shape index (κ1) is 20.7. The first-order valence-corrected chi connectivity index (χ1v) is 7.99. The van der Waals surface area contributed by atoms with Gasteiger partial charge in [0, 0.05) is 19.0 Å². The standard InChI is InChI=1S/C15H25B2N3O4/c1-8(21)6-15(3,4)9(2)12(14(23)24)18-13(22)11-5-10(19-16)7-20(11)17/h9-12,19H,5-7H2,1-4H3,(H,18,22)(H,23,24). The maximum atomic E-state index is 12.5. The molecule has 0 aromatic carbocycles. The summed E-state index contributed by atoms with van der Waals surface area (Å²) in [6, 6.07) is -1.87. The molecule has 3 N–H and O–H groups in total. The van der Waals surface area contributed by atoms with Crippen LogP contribution in [0.5, 0.6) is 0 Å². The van der Waals surface area contributed by atoms with E-state index in [9.17, 15) is 19.5 Å². The molecule has 7 nitrogen and oxygen atoms in total. The zero-order valence-electron chi connectivity index (χ0n) is 14.7. The van der Waals surface area contributed by atoms with Gasteiger partial charge in [0.2, 0.25) is 5.91 Å². The summed E-state index contributed by atoms with van der Waals surface area (Å²) in [6.45, 7) is 7.23. The summed E-state index contributed by atoms with van der Waals surface area (Å²) in [5.41, 5.74) is -0.568. The van der Waals surface area contributed by atoms with Crippen molar-refractivity contribution >= 4 is 33.6 Å². The Morgan fingerprint density at radius 1 is 1.38 bits per heavy atom. The molecule has 4 unspecified atom stereocenters. The second kappa shape index (κ2) is 8.16. The normalized spacial score (nSPS) is 24.3. The second-order valence-corrected chi connectivity index (χ2v) is 7.29. The van der Waals surface area contributed by atoms with E-state index in [4.69, 9.17) is 16.0 Å². The molecule has 9 heteroatoms. The summed E-state index contributed by atoms with van der Waals surface area (Å²) in [4.78, 5) is 36.9. The van der Waals surface area contributed by atoms with Crippen LogP contribution in [-0.2, 0) is 14.4 Å². The van der Waals surface area contributed by atoms with Gasteiger partial charge >= 0.3 is 5.97 Å². The Morgan fingerprint density at radius 2 is 1.96 bits per heavy atom. The van der Waals surface area contributed by atoms with Crippen LogP contribution in [0.3, 0.4) is 0 Å². The Labute approximate surface area is 145 Å². The summed E-state index contributed by atoms with van der Waals surface area (Å²) in [6.07, 6.45) is 0.635. The van der Waals surface area contributed by atoms with Crippen molar-refractivity contribution in [1.29, 1.82) is 0 Å². The van der Waals surface area contributed by atoms with Crippen LogP contribution in [-0.4, -0.2) is 68.2 Å². The van der Waals surface area contributed by atoms with Crippen molar-refractivity contribution in [3.8, 4) is 0 Å². The lowest BCUT2D eigenvalue weighted by Crippen LogP contribution is -2.54. The predicted octanol–water partition coefficient (Wildman–Crippen LogP) is -0.603. The number of nitrogens with zero attached hydrogens (tertiary/aromatic N) is 1. The van der Waals surface area contributed by atoms with Crippen LogP contribution in [0.2, 0.25) is 0 Å².